The lowest BCUT2D eigenvalue weighted by Crippen LogP contribution is -2.30. The van der Waals surface area contributed by atoms with E-state index in [1.807, 2.05) is 0 Å². The van der Waals surface area contributed by atoms with Crippen LogP contribution in [0.5, 0.6) is 0 Å². The number of hydrogen-bond acceptors (Lipinski definition) is 6. The first-order chi connectivity index (χ1) is 37.0. The summed E-state index contributed by atoms with van der Waals surface area (Å²) in [6, 6.07) is 0. The molecule has 0 aliphatic rings. The van der Waals surface area contributed by atoms with E-state index in [1.54, 1.807) is 0 Å². The molecule has 0 N–H and O–H groups in total. The van der Waals surface area contributed by atoms with E-state index in [0.29, 0.717) is 19.3 Å². The summed E-state index contributed by atoms with van der Waals surface area (Å²) in [6.45, 7) is 6.65. The average molecular weight is 1050 g/mol. The van der Waals surface area contributed by atoms with Gasteiger partial charge in [0, 0.05) is 19.3 Å². The van der Waals surface area contributed by atoms with Crippen LogP contribution in [0.4, 0.5) is 0 Å². The molecule has 0 rings (SSSR count). The molecule has 0 aliphatic heterocycles. The first-order valence-electron chi connectivity index (χ1n) is 33.1. The molecule has 0 radical (unpaired) electrons. The fourth-order valence-corrected chi connectivity index (χ4v) is 9.80. The maximum Gasteiger partial charge on any atom is 0.306 e. The number of unbranched alkanes of at least 4 members (excludes halogenated alkanes) is 42. The molecule has 0 saturated carbocycles. The van der Waals surface area contributed by atoms with Crippen LogP contribution in [-0.2, 0) is 28.6 Å². The standard InChI is InChI=1S/C69H126O6/c1-4-7-10-13-16-19-21-23-25-27-29-31-33-34-36-37-39-41-43-45-47-50-53-56-59-62-68(71)74-65-66(64-73-67(70)61-58-55-52-49-18-15-12-9-6-3)75-69(72)63-60-57-54-51-48-46-44-42-40-38-35-32-30-28-26-24-22-20-17-14-11-8-5-2/h21,23,27-30,33-34,66H,4-20,22,24-26,31-32,35-65H2,1-3H3/b23-21-,29-27-,30-28-,34-33-. The van der Waals surface area contributed by atoms with E-state index < -0.39 is 6.10 Å². The summed E-state index contributed by atoms with van der Waals surface area (Å²) in [5.74, 6) is -0.859. The van der Waals surface area contributed by atoms with E-state index in [2.05, 4.69) is 69.4 Å². The molecule has 0 saturated heterocycles. The van der Waals surface area contributed by atoms with Crippen LogP contribution in [0.1, 0.15) is 355 Å². The van der Waals surface area contributed by atoms with Crippen molar-refractivity contribution in [1.29, 1.82) is 0 Å². The first kappa shape index (κ1) is 72.4. The lowest BCUT2D eigenvalue weighted by Gasteiger charge is -2.18. The van der Waals surface area contributed by atoms with Gasteiger partial charge in [-0.25, -0.2) is 0 Å². The van der Waals surface area contributed by atoms with Gasteiger partial charge in [0.05, 0.1) is 0 Å². The fourth-order valence-electron chi connectivity index (χ4n) is 9.80. The van der Waals surface area contributed by atoms with E-state index in [0.717, 1.165) is 70.6 Å². The number of rotatable bonds is 61. The quantitative estimate of drug-likeness (QED) is 0.0261. The highest BCUT2D eigenvalue weighted by atomic mass is 16.6. The van der Waals surface area contributed by atoms with Gasteiger partial charge in [-0.2, -0.15) is 0 Å². The zero-order chi connectivity index (χ0) is 54.3. The van der Waals surface area contributed by atoms with Gasteiger partial charge in [0.25, 0.3) is 0 Å². The lowest BCUT2D eigenvalue weighted by molar-refractivity contribution is -0.167. The summed E-state index contributed by atoms with van der Waals surface area (Å²) in [4.78, 5) is 38.2. The predicted molar refractivity (Wildman–Crippen MR) is 325 cm³/mol. The molecule has 1 atom stereocenters. The molecular weight excluding hydrogens is 925 g/mol. The number of ether oxygens (including phenoxy) is 3. The molecule has 0 fully saturated rings. The molecule has 1 unspecified atom stereocenters. The second kappa shape index (κ2) is 63.9. The summed E-state index contributed by atoms with van der Waals surface area (Å²) in [7, 11) is 0. The Balaban J connectivity index is 4.18. The SMILES string of the molecule is CCCCCCC/C=C\C/C=C\C/C=C\CCCCCCCCCCCCC(=O)OCC(COC(=O)CCCCCCCCCCC)OC(=O)CCCCCCCCCCCCC/C=C\CCCCCCCCCC. The van der Waals surface area contributed by atoms with Crippen molar-refractivity contribution in [3.63, 3.8) is 0 Å². The van der Waals surface area contributed by atoms with Crippen molar-refractivity contribution in [2.45, 2.75) is 361 Å². The van der Waals surface area contributed by atoms with Crippen molar-refractivity contribution in [2.24, 2.45) is 0 Å². The molecule has 0 amide bonds. The lowest BCUT2D eigenvalue weighted by atomic mass is 10.0. The third kappa shape index (κ3) is 62.1. The highest BCUT2D eigenvalue weighted by Crippen LogP contribution is 2.17. The summed E-state index contributed by atoms with van der Waals surface area (Å²) >= 11 is 0. The van der Waals surface area contributed by atoms with Crippen molar-refractivity contribution in [2.75, 3.05) is 13.2 Å². The Hall–Kier alpha value is -2.63. The third-order valence-electron chi connectivity index (χ3n) is 14.8. The molecule has 0 aromatic rings. The molecule has 0 aromatic heterocycles. The topological polar surface area (TPSA) is 78.9 Å². The van der Waals surface area contributed by atoms with Crippen molar-refractivity contribution in [3.05, 3.63) is 48.6 Å². The molecule has 75 heavy (non-hydrogen) atoms. The van der Waals surface area contributed by atoms with E-state index in [4.69, 9.17) is 14.2 Å². The molecule has 0 bridgehead atoms. The highest BCUT2D eigenvalue weighted by Gasteiger charge is 2.19. The van der Waals surface area contributed by atoms with Gasteiger partial charge >= 0.3 is 17.9 Å². The molecule has 0 aromatic carbocycles. The van der Waals surface area contributed by atoms with Crippen LogP contribution in [-0.4, -0.2) is 37.2 Å². The van der Waals surface area contributed by atoms with Crippen LogP contribution in [0, 0.1) is 0 Å². The number of hydrogen-bond donors (Lipinski definition) is 0. The van der Waals surface area contributed by atoms with Crippen LogP contribution >= 0.6 is 0 Å². The minimum absolute atomic E-state index is 0.0710. The van der Waals surface area contributed by atoms with Crippen molar-refractivity contribution < 1.29 is 28.6 Å². The van der Waals surface area contributed by atoms with Crippen LogP contribution < -0.4 is 0 Å². The van der Waals surface area contributed by atoms with Crippen molar-refractivity contribution in [1.82, 2.24) is 0 Å². The Kier molecular flexibility index (Phi) is 61.7. The molecule has 0 heterocycles. The summed E-state index contributed by atoms with van der Waals surface area (Å²) in [6.07, 6.45) is 79.9. The largest absolute Gasteiger partial charge is 0.462 e. The van der Waals surface area contributed by atoms with E-state index in [9.17, 15) is 14.4 Å². The van der Waals surface area contributed by atoms with Gasteiger partial charge in [0.15, 0.2) is 6.10 Å². The minimum Gasteiger partial charge on any atom is -0.462 e. The Morgan fingerprint density at radius 2 is 0.480 bits per heavy atom. The normalized spacial score (nSPS) is 12.3. The van der Waals surface area contributed by atoms with Gasteiger partial charge in [0.2, 0.25) is 0 Å². The zero-order valence-electron chi connectivity index (χ0n) is 50.3. The van der Waals surface area contributed by atoms with E-state index in [-0.39, 0.29) is 31.1 Å². The molecule has 0 aliphatic carbocycles. The Bertz CT molecular complexity index is 1300. The van der Waals surface area contributed by atoms with Crippen molar-refractivity contribution in [3.8, 4) is 0 Å². The number of carbonyl (C=O) groups is 3. The fraction of sp³-hybridized carbons (Fsp3) is 0.841. The van der Waals surface area contributed by atoms with Crippen LogP contribution in [0.25, 0.3) is 0 Å². The number of allylic oxidation sites excluding steroid dienone is 8. The van der Waals surface area contributed by atoms with Gasteiger partial charge in [0.1, 0.15) is 13.2 Å². The average Bonchev–Trinajstić information content (AvgIpc) is 3.41. The van der Waals surface area contributed by atoms with Crippen LogP contribution in [0.3, 0.4) is 0 Å². The predicted octanol–water partition coefficient (Wildman–Crippen LogP) is 22.6. The maximum atomic E-state index is 12.9. The Labute approximate surface area is 467 Å². The smallest absolute Gasteiger partial charge is 0.306 e. The molecule has 6 heteroatoms. The third-order valence-corrected chi connectivity index (χ3v) is 14.8. The second-order valence-corrected chi connectivity index (χ2v) is 22.4. The van der Waals surface area contributed by atoms with Crippen LogP contribution in [0.2, 0.25) is 0 Å². The zero-order valence-corrected chi connectivity index (χ0v) is 50.3. The number of esters is 3. The van der Waals surface area contributed by atoms with E-state index >= 15 is 0 Å². The summed E-state index contributed by atoms with van der Waals surface area (Å²) in [5, 5.41) is 0. The van der Waals surface area contributed by atoms with Gasteiger partial charge in [-0.15, -0.1) is 0 Å². The molecule has 438 valence electrons. The van der Waals surface area contributed by atoms with Gasteiger partial charge in [-0.05, 0) is 83.5 Å². The first-order valence-corrected chi connectivity index (χ1v) is 33.1. The van der Waals surface area contributed by atoms with Crippen molar-refractivity contribution >= 4 is 17.9 Å². The van der Waals surface area contributed by atoms with E-state index in [1.165, 1.54) is 244 Å². The highest BCUT2D eigenvalue weighted by molar-refractivity contribution is 5.71. The minimum atomic E-state index is -0.773. The second-order valence-electron chi connectivity index (χ2n) is 22.4. The van der Waals surface area contributed by atoms with Gasteiger partial charge in [-0.3, -0.25) is 14.4 Å². The molecular formula is C69H126O6. The maximum absolute atomic E-state index is 12.9. The summed E-state index contributed by atoms with van der Waals surface area (Å²) in [5.41, 5.74) is 0. The molecule has 6 nitrogen and oxygen atoms in total. The van der Waals surface area contributed by atoms with Crippen LogP contribution in [0.15, 0.2) is 48.6 Å². The summed E-state index contributed by atoms with van der Waals surface area (Å²) < 4.78 is 16.9. The Morgan fingerprint density at radius 1 is 0.267 bits per heavy atom. The molecule has 0 spiro atoms. The Morgan fingerprint density at radius 3 is 0.760 bits per heavy atom. The number of carbonyl (C=O) groups excluding carboxylic acids is 3. The van der Waals surface area contributed by atoms with Gasteiger partial charge in [-0.1, -0.05) is 301 Å². The monoisotopic (exact) mass is 1050 g/mol. The van der Waals surface area contributed by atoms with Gasteiger partial charge < -0.3 is 14.2 Å².